The highest BCUT2D eigenvalue weighted by Gasteiger charge is 2.05. The lowest BCUT2D eigenvalue weighted by Crippen LogP contribution is -1.99. The Morgan fingerprint density at radius 2 is 2.15 bits per heavy atom. The summed E-state index contributed by atoms with van der Waals surface area (Å²) in [6.45, 7) is 2.21. The maximum absolute atomic E-state index is 13.7. The molecule has 0 saturated carbocycles. The van der Waals surface area contributed by atoms with E-state index in [1.54, 1.807) is 24.5 Å². The van der Waals surface area contributed by atoms with Crippen LogP contribution in [-0.4, -0.2) is 10.9 Å². The first-order chi connectivity index (χ1) is 9.69. The lowest BCUT2D eigenvalue weighted by molar-refractivity contribution is 0.289. The molecule has 0 saturated heterocycles. The maximum atomic E-state index is 13.7. The number of rotatable bonds is 3. The zero-order chi connectivity index (χ0) is 14.4. The van der Waals surface area contributed by atoms with Crippen molar-refractivity contribution in [1.82, 2.24) is 4.98 Å². The van der Waals surface area contributed by atoms with Gasteiger partial charge in [0.2, 0.25) is 0 Å². The van der Waals surface area contributed by atoms with Crippen molar-refractivity contribution in [3.63, 3.8) is 0 Å². The van der Waals surface area contributed by atoms with Crippen molar-refractivity contribution >= 4 is 11.6 Å². The molecule has 1 heterocycles. The lowest BCUT2D eigenvalue weighted by Gasteiger charge is -2.08. The van der Waals surface area contributed by atoms with Gasteiger partial charge in [0.05, 0.1) is 5.88 Å². The van der Waals surface area contributed by atoms with Gasteiger partial charge in [-0.15, -0.1) is 11.6 Å². The lowest BCUT2D eigenvalue weighted by atomic mass is 10.2. The van der Waals surface area contributed by atoms with Gasteiger partial charge in [0.15, 0.2) is 11.6 Å². The van der Waals surface area contributed by atoms with Crippen molar-refractivity contribution in [1.29, 1.82) is 0 Å². The standard InChI is InChI=1S/C16H13ClFNO/c1-12-7-14(10-19-9-12)11-20-16-8-13(3-2-6-17)4-5-15(16)18/h4-5,7-10H,6,11H2,1H3. The molecule has 0 amide bonds. The van der Waals surface area contributed by atoms with Crippen molar-refractivity contribution in [2.24, 2.45) is 0 Å². The molecule has 1 aromatic carbocycles. The van der Waals surface area contributed by atoms with Crippen molar-refractivity contribution in [2.75, 3.05) is 5.88 Å². The number of hydrogen-bond acceptors (Lipinski definition) is 2. The van der Waals surface area contributed by atoms with E-state index in [9.17, 15) is 4.39 Å². The molecule has 0 bridgehead atoms. The highest BCUT2D eigenvalue weighted by Crippen LogP contribution is 2.19. The highest BCUT2D eigenvalue weighted by molar-refractivity contribution is 6.19. The van der Waals surface area contributed by atoms with Crippen LogP contribution in [0.1, 0.15) is 16.7 Å². The van der Waals surface area contributed by atoms with Gasteiger partial charge in [-0.3, -0.25) is 4.98 Å². The largest absolute Gasteiger partial charge is 0.486 e. The molecule has 0 unspecified atom stereocenters. The Labute approximate surface area is 122 Å². The van der Waals surface area contributed by atoms with Crippen LogP contribution in [0.4, 0.5) is 4.39 Å². The smallest absolute Gasteiger partial charge is 0.165 e. The molecule has 0 atom stereocenters. The van der Waals surface area contributed by atoms with Gasteiger partial charge in [-0.25, -0.2) is 4.39 Å². The third-order valence-corrected chi connectivity index (χ3v) is 2.69. The molecule has 0 aliphatic rings. The van der Waals surface area contributed by atoms with E-state index in [1.165, 1.54) is 6.07 Å². The second kappa shape index (κ2) is 6.93. The Hall–Kier alpha value is -2.05. The second-order valence-corrected chi connectivity index (χ2v) is 4.51. The Morgan fingerprint density at radius 3 is 2.90 bits per heavy atom. The molecule has 4 heteroatoms. The van der Waals surface area contributed by atoms with Crippen LogP contribution in [-0.2, 0) is 6.61 Å². The molecule has 0 N–H and O–H groups in total. The molecular formula is C16H13ClFNO. The van der Waals surface area contributed by atoms with Gasteiger partial charge >= 0.3 is 0 Å². The quantitative estimate of drug-likeness (QED) is 0.635. The number of benzene rings is 1. The number of pyridine rings is 1. The molecular weight excluding hydrogens is 277 g/mol. The second-order valence-electron chi connectivity index (χ2n) is 4.24. The first kappa shape index (κ1) is 14.4. The van der Waals surface area contributed by atoms with E-state index in [0.717, 1.165) is 11.1 Å². The minimum Gasteiger partial charge on any atom is -0.486 e. The van der Waals surface area contributed by atoms with Crippen LogP contribution in [0.2, 0.25) is 0 Å². The third-order valence-electron chi connectivity index (χ3n) is 2.56. The predicted molar refractivity (Wildman–Crippen MR) is 77.3 cm³/mol. The van der Waals surface area contributed by atoms with Crippen molar-refractivity contribution in [3.05, 3.63) is 59.2 Å². The van der Waals surface area contributed by atoms with E-state index in [4.69, 9.17) is 16.3 Å². The Kier molecular flexibility index (Phi) is 4.97. The normalized spacial score (nSPS) is 9.75. The molecule has 0 spiro atoms. The summed E-state index contributed by atoms with van der Waals surface area (Å²) < 4.78 is 19.1. The topological polar surface area (TPSA) is 22.1 Å². The average molecular weight is 290 g/mol. The van der Waals surface area contributed by atoms with E-state index in [-0.39, 0.29) is 18.2 Å². The SMILES string of the molecule is Cc1cncc(COc2cc(C#CCCl)ccc2F)c1. The highest BCUT2D eigenvalue weighted by atomic mass is 35.5. The van der Waals surface area contributed by atoms with Crippen LogP contribution in [0.3, 0.4) is 0 Å². The Morgan fingerprint density at radius 1 is 1.30 bits per heavy atom. The van der Waals surface area contributed by atoms with E-state index in [2.05, 4.69) is 16.8 Å². The first-order valence-corrected chi connectivity index (χ1v) is 6.60. The summed E-state index contributed by atoms with van der Waals surface area (Å²) in [7, 11) is 0. The van der Waals surface area contributed by atoms with Crippen LogP contribution in [0.25, 0.3) is 0 Å². The average Bonchev–Trinajstić information content (AvgIpc) is 2.45. The predicted octanol–water partition coefficient (Wildman–Crippen LogP) is 3.70. The molecule has 0 fully saturated rings. The van der Waals surface area contributed by atoms with Crippen LogP contribution in [0.15, 0.2) is 36.7 Å². The molecule has 102 valence electrons. The number of halogens is 2. The number of alkyl halides is 1. The summed E-state index contributed by atoms with van der Waals surface area (Å²) >= 11 is 5.49. The molecule has 1 aromatic heterocycles. The summed E-state index contributed by atoms with van der Waals surface area (Å²) in [4.78, 5) is 4.07. The zero-order valence-corrected chi connectivity index (χ0v) is 11.7. The van der Waals surface area contributed by atoms with Gasteiger partial charge in [-0.05, 0) is 36.8 Å². The van der Waals surface area contributed by atoms with Crippen LogP contribution < -0.4 is 4.74 Å². The Balaban J connectivity index is 2.12. The monoisotopic (exact) mass is 289 g/mol. The fourth-order valence-corrected chi connectivity index (χ4v) is 1.75. The molecule has 0 aliphatic heterocycles. The van der Waals surface area contributed by atoms with Crippen LogP contribution in [0.5, 0.6) is 5.75 Å². The van der Waals surface area contributed by atoms with Gasteiger partial charge in [-0.2, -0.15) is 0 Å². The van der Waals surface area contributed by atoms with E-state index in [0.29, 0.717) is 5.56 Å². The van der Waals surface area contributed by atoms with Crippen molar-refractivity contribution in [2.45, 2.75) is 13.5 Å². The first-order valence-electron chi connectivity index (χ1n) is 6.07. The number of ether oxygens (including phenoxy) is 1. The zero-order valence-electron chi connectivity index (χ0n) is 11.0. The number of aryl methyl sites for hydroxylation is 1. The van der Waals surface area contributed by atoms with Crippen LogP contribution in [0, 0.1) is 24.6 Å². The fraction of sp³-hybridized carbons (Fsp3) is 0.188. The summed E-state index contributed by atoms with van der Waals surface area (Å²) in [5.74, 6) is 5.55. The molecule has 0 radical (unpaired) electrons. The fourth-order valence-electron chi connectivity index (χ4n) is 1.68. The molecule has 2 nitrogen and oxygen atoms in total. The van der Waals surface area contributed by atoms with Crippen molar-refractivity contribution < 1.29 is 9.13 Å². The Bertz CT molecular complexity index is 661. The van der Waals surface area contributed by atoms with E-state index in [1.807, 2.05) is 13.0 Å². The van der Waals surface area contributed by atoms with E-state index < -0.39 is 5.82 Å². The minimum atomic E-state index is -0.415. The summed E-state index contributed by atoms with van der Waals surface area (Å²) in [5, 5.41) is 0. The molecule has 0 aliphatic carbocycles. The minimum absolute atomic E-state index is 0.174. The molecule has 2 aromatic rings. The number of aromatic nitrogens is 1. The van der Waals surface area contributed by atoms with Gasteiger partial charge in [-0.1, -0.05) is 11.8 Å². The molecule has 20 heavy (non-hydrogen) atoms. The van der Waals surface area contributed by atoms with Gasteiger partial charge in [0, 0.05) is 23.5 Å². The summed E-state index contributed by atoms with van der Waals surface area (Å²) in [5.41, 5.74) is 2.60. The van der Waals surface area contributed by atoms with Crippen molar-refractivity contribution in [3.8, 4) is 17.6 Å². The maximum Gasteiger partial charge on any atom is 0.165 e. The van der Waals surface area contributed by atoms with E-state index >= 15 is 0 Å². The van der Waals surface area contributed by atoms with Gasteiger partial charge in [0.25, 0.3) is 0 Å². The van der Waals surface area contributed by atoms with Gasteiger partial charge in [0.1, 0.15) is 6.61 Å². The number of nitrogens with zero attached hydrogens (tertiary/aromatic N) is 1. The van der Waals surface area contributed by atoms with Gasteiger partial charge < -0.3 is 4.74 Å². The summed E-state index contributed by atoms with van der Waals surface area (Å²) in [6, 6.07) is 6.44. The van der Waals surface area contributed by atoms with Crippen LogP contribution >= 0.6 is 11.6 Å². The summed E-state index contributed by atoms with van der Waals surface area (Å²) in [6.07, 6.45) is 3.45. The third kappa shape index (κ3) is 3.97. The molecule has 2 rings (SSSR count). The number of hydrogen-bond donors (Lipinski definition) is 0.